The second-order valence-corrected chi connectivity index (χ2v) is 9.97. The van der Waals surface area contributed by atoms with E-state index in [2.05, 4.69) is 41.6 Å². The van der Waals surface area contributed by atoms with Crippen molar-refractivity contribution in [2.24, 2.45) is 5.10 Å². The number of alkyl halides is 3. The van der Waals surface area contributed by atoms with Crippen LogP contribution in [0.1, 0.15) is 37.4 Å². The highest BCUT2D eigenvalue weighted by Crippen LogP contribution is 2.35. The highest BCUT2D eigenvalue weighted by molar-refractivity contribution is 5.79. The van der Waals surface area contributed by atoms with Gasteiger partial charge in [0.15, 0.2) is 0 Å². The number of ether oxygens (including phenoxy) is 2. The van der Waals surface area contributed by atoms with Gasteiger partial charge in [0.25, 0.3) is 0 Å². The van der Waals surface area contributed by atoms with Gasteiger partial charge in [-0.3, -0.25) is 9.80 Å². The van der Waals surface area contributed by atoms with Gasteiger partial charge in [0, 0.05) is 51.2 Å². The van der Waals surface area contributed by atoms with Crippen molar-refractivity contribution >= 4 is 24.3 Å². The highest BCUT2D eigenvalue weighted by Gasteiger charge is 2.34. The van der Waals surface area contributed by atoms with E-state index in [1.165, 1.54) is 5.01 Å². The molecule has 1 fully saturated rings. The zero-order valence-electron chi connectivity index (χ0n) is 23.8. The van der Waals surface area contributed by atoms with Crippen molar-refractivity contribution in [1.82, 2.24) is 24.8 Å². The third-order valence-electron chi connectivity index (χ3n) is 7.06. The van der Waals surface area contributed by atoms with Gasteiger partial charge in [0.1, 0.15) is 5.76 Å². The van der Waals surface area contributed by atoms with E-state index in [0.717, 1.165) is 37.4 Å². The number of aryl methyl sites for hydroxylation is 1. The number of allylic oxidation sites excluding steroid dienone is 3. The van der Waals surface area contributed by atoms with Crippen LogP contribution in [0.3, 0.4) is 0 Å². The fourth-order valence-corrected chi connectivity index (χ4v) is 5.03. The second-order valence-electron chi connectivity index (χ2n) is 9.97. The summed E-state index contributed by atoms with van der Waals surface area (Å²) in [6, 6.07) is 0. The molecule has 0 radical (unpaired) electrons. The molecule has 1 aromatic rings. The Kier molecular flexibility index (Phi) is 10.2. The van der Waals surface area contributed by atoms with Crippen LogP contribution in [0.15, 0.2) is 52.3 Å². The number of aliphatic hydroxyl groups excluding tert-OH is 1. The molecular weight excluding hydrogens is 555 g/mol. The number of hydrogen-bond acceptors (Lipinski definition) is 11. The fraction of sp³-hybridized carbons (Fsp3) is 0.500. The summed E-state index contributed by atoms with van der Waals surface area (Å²) < 4.78 is 49.8. The molecule has 0 bridgehead atoms. The zero-order chi connectivity index (χ0) is 30.3. The third-order valence-corrected chi connectivity index (χ3v) is 7.06. The number of carbonyl (C=O) groups excluding carboxylic acids is 1. The van der Waals surface area contributed by atoms with E-state index in [1.807, 2.05) is 7.05 Å². The summed E-state index contributed by atoms with van der Waals surface area (Å²) in [5.74, 6) is -0.705. The molecule has 0 spiro atoms. The molecule has 1 saturated heterocycles. The number of nitrogens with one attached hydrogen (secondary N) is 1. The third kappa shape index (κ3) is 7.88. The predicted octanol–water partition coefficient (Wildman–Crippen LogP) is 3.25. The number of fused-ring (bicyclic) bond motifs is 1. The van der Waals surface area contributed by atoms with Crippen LogP contribution in [-0.4, -0.2) is 102 Å². The van der Waals surface area contributed by atoms with Crippen molar-refractivity contribution in [2.45, 2.75) is 39.0 Å². The number of rotatable bonds is 11. The van der Waals surface area contributed by atoms with E-state index in [4.69, 9.17) is 4.74 Å². The minimum absolute atomic E-state index is 0.00958. The number of aromatic nitrogens is 2. The number of hydrogen-bond donors (Lipinski definition) is 2. The average Bonchev–Trinajstić information content (AvgIpc) is 3.13. The molecule has 0 saturated carbocycles. The lowest BCUT2D eigenvalue weighted by molar-refractivity contribution is -0.306. The number of hydrazone groups is 1. The number of piperazine rings is 1. The molecule has 4 rings (SSSR count). The Balaban J connectivity index is 1.74. The standard InChI is InChI=1S/C28H36F3N7O4/c1-4-41-24(40)16-19-8-9-20-18-33-27(35-25(20)26(19)38(32-2)14-15-39)34-22-17-21(37-12-10-36(3)11-13-37)6-5-7-23(22)42-28(29,30)31/h5-6,17-18,39H,2,4,7-16H2,1,3H3,(H,33,34,35). The molecule has 1 aliphatic heterocycles. The molecular formula is C28H36F3N7O4. The maximum Gasteiger partial charge on any atom is 0.572 e. The number of likely N-dealkylation sites (N-methyl/N-ethyl adjacent to an activating group) is 1. The van der Waals surface area contributed by atoms with Gasteiger partial charge < -0.3 is 29.7 Å². The molecule has 2 heterocycles. The lowest BCUT2D eigenvalue weighted by Gasteiger charge is -2.34. The monoisotopic (exact) mass is 591 g/mol. The summed E-state index contributed by atoms with van der Waals surface area (Å²) in [6.45, 7) is 8.49. The Morgan fingerprint density at radius 3 is 2.69 bits per heavy atom. The lowest BCUT2D eigenvalue weighted by Crippen LogP contribution is -2.43. The van der Waals surface area contributed by atoms with Gasteiger partial charge in [0.05, 0.1) is 43.3 Å². The molecule has 0 unspecified atom stereocenters. The minimum Gasteiger partial charge on any atom is -0.466 e. The molecule has 0 amide bonds. The van der Waals surface area contributed by atoms with Crippen LogP contribution >= 0.6 is 0 Å². The fourth-order valence-electron chi connectivity index (χ4n) is 5.03. The first-order valence-electron chi connectivity index (χ1n) is 13.8. The van der Waals surface area contributed by atoms with Gasteiger partial charge >= 0.3 is 12.3 Å². The normalized spacial score (nSPS) is 17.9. The van der Waals surface area contributed by atoms with Gasteiger partial charge in [-0.25, -0.2) is 9.97 Å². The first-order valence-corrected chi connectivity index (χ1v) is 13.8. The Morgan fingerprint density at radius 2 is 2.02 bits per heavy atom. The maximum atomic E-state index is 13.4. The summed E-state index contributed by atoms with van der Waals surface area (Å²) >= 11 is 0. The van der Waals surface area contributed by atoms with E-state index >= 15 is 0 Å². The molecule has 2 N–H and O–H groups in total. The average molecular weight is 592 g/mol. The zero-order valence-corrected chi connectivity index (χ0v) is 23.8. The van der Waals surface area contributed by atoms with Gasteiger partial charge in [-0.15, -0.1) is 13.2 Å². The van der Waals surface area contributed by atoms with Crippen LogP contribution in [0.5, 0.6) is 0 Å². The first kappa shape index (κ1) is 31.0. The van der Waals surface area contributed by atoms with Gasteiger partial charge in [-0.2, -0.15) is 5.10 Å². The maximum absolute atomic E-state index is 13.4. The van der Waals surface area contributed by atoms with Crippen LogP contribution < -0.4 is 5.32 Å². The summed E-state index contributed by atoms with van der Waals surface area (Å²) in [6.07, 6.45) is 2.67. The number of halogens is 3. The molecule has 14 heteroatoms. The van der Waals surface area contributed by atoms with E-state index in [9.17, 15) is 23.1 Å². The number of aliphatic hydroxyl groups is 1. The second kappa shape index (κ2) is 13.8. The van der Waals surface area contributed by atoms with Gasteiger partial charge in [-0.05, 0) is 50.1 Å². The molecule has 1 aromatic heterocycles. The molecule has 228 valence electrons. The SMILES string of the molecule is C=NN(CCO)C1=C(CC(=O)OCC)CCc2cnc(NC3=C(OC(F)(F)F)CC=CC(N4CCN(C)CC4)=C3)nc21. The number of anilines is 1. The Labute approximate surface area is 242 Å². The van der Waals surface area contributed by atoms with Crippen molar-refractivity contribution in [1.29, 1.82) is 0 Å². The van der Waals surface area contributed by atoms with Crippen LogP contribution in [0.2, 0.25) is 0 Å². The Bertz CT molecular complexity index is 1280. The number of esters is 1. The topological polar surface area (TPSA) is 116 Å². The van der Waals surface area contributed by atoms with Crippen molar-refractivity contribution in [3.63, 3.8) is 0 Å². The largest absolute Gasteiger partial charge is 0.572 e. The van der Waals surface area contributed by atoms with E-state index in [0.29, 0.717) is 29.8 Å². The molecule has 11 nitrogen and oxygen atoms in total. The molecule has 3 aliphatic rings. The lowest BCUT2D eigenvalue weighted by atomic mass is 9.91. The van der Waals surface area contributed by atoms with Crippen LogP contribution in [0.4, 0.5) is 19.1 Å². The van der Waals surface area contributed by atoms with Crippen molar-refractivity contribution < 1.29 is 32.5 Å². The summed E-state index contributed by atoms with van der Waals surface area (Å²) in [5, 5.41) is 18.1. The van der Waals surface area contributed by atoms with E-state index in [1.54, 1.807) is 31.3 Å². The van der Waals surface area contributed by atoms with Gasteiger partial charge in [0.2, 0.25) is 5.95 Å². The van der Waals surface area contributed by atoms with E-state index in [-0.39, 0.29) is 50.0 Å². The minimum atomic E-state index is -4.89. The molecule has 2 aliphatic carbocycles. The van der Waals surface area contributed by atoms with Crippen LogP contribution in [-0.2, 0) is 20.7 Å². The highest BCUT2D eigenvalue weighted by atomic mass is 19.4. The van der Waals surface area contributed by atoms with E-state index < -0.39 is 12.3 Å². The first-order chi connectivity index (χ1) is 20.1. The smallest absolute Gasteiger partial charge is 0.466 e. The summed E-state index contributed by atoms with van der Waals surface area (Å²) in [5.41, 5.74) is 3.19. The molecule has 42 heavy (non-hydrogen) atoms. The van der Waals surface area contributed by atoms with Crippen LogP contribution in [0, 0.1) is 0 Å². The quantitative estimate of drug-likeness (QED) is 0.226. The van der Waals surface area contributed by atoms with Crippen molar-refractivity contribution in [3.05, 3.63) is 58.4 Å². The summed E-state index contributed by atoms with van der Waals surface area (Å²) in [4.78, 5) is 25.7. The van der Waals surface area contributed by atoms with Crippen LogP contribution in [0.25, 0.3) is 5.70 Å². The molecule has 0 aromatic carbocycles. The molecule has 0 atom stereocenters. The predicted molar refractivity (Wildman–Crippen MR) is 151 cm³/mol. The summed E-state index contributed by atoms with van der Waals surface area (Å²) in [7, 11) is 2.02. The van der Waals surface area contributed by atoms with Gasteiger partial charge in [-0.1, -0.05) is 6.08 Å². The van der Waals surface area contributed by atoms with Crippen molar-refractivity contribution in [3.8, 4) is 0 Å². The number of carbonyl (C=O) groups is 1. The van der Waals surface area contributed by atoms with Crippen molar-refractivity contribution in [2.75, 3.05) is 58.3 Å². The number of nitrogens with zero attached hydrogens (tertiary/aromatic N) is 6. The Morgan fingerprint density at radius 1 is 1.26 bits per heavy atom. The Hall–Kier alpha value is -3.91.